The Morgan fingerprint density at radius 1 is 1.53 bits per heavy atom. The monoisotopic (exact) mass is 302 g/mol. The molecule has 0 radical (unpaired) electrons. The lowest BCUT2D eigenvalue weighted by Gasteiger charge is -2.19. The molecule has 0 aliphatic carbocycles. The number of aliphatic carboxylic acids is 1. The third-order valence-corrected chi connectivity index (χ3v) is 5.37. The summed E-state index contributed by atoms with van der Waals surface area (Å²) in [6.45, 7) is -0.218. The van der Waals surface area contributed by atoms with Crippen molar-refractivity contribution in [2.45, 2.75) is 10.6 Å². The summed E-state index contributed by atoms with van der Waals surface area (Å²) in [5, 5.41) is 16.3. The van der Waals surface area contributed by atoms with Crippen LogP contribution in [0.25, 0.3) is 0 Å². The largest absolute Gasteiger partial charge is 0.481 e. The zero-order chi connectivity index (χ0) is 13.9. The first-order valence-electron chi connectivity index (χ1n) is 5.15. The number of carboxylic acid groups (broad SMARTS) is 1. The Hall–Kier alpha value is -1.94. The fourth-order valence-electron chi connectivity index (χ4n) is 1.38. The number of anilines is 1. The van der Waals surface area contributed by atoms with Crippen molar-refractivity contribution in [3.8, 4) is 0 Å². The van der Waals surface area contributed by atoms with E-state index in [2.05, 4.69) is 15.2 Å². The molecule has 0 aliphatic heterocycles. The van der Waals surface area contributed by atoms with Gasteiger partial charge in [-0.05, 0) is 11.4 Å². The van der Waals surface area contributed by atoms with E-state index in [1.54, 1.807) is 11.4 Å². The number of H-pyrrole nitrogens is 1. The summed E-state index contributed by atoms with van der Waals surface area (Å²) >= 11 is 1.05. The van der Waals surface area contributed by atoms with Crippen molar-refractivity contribution in [2.75, 3.05) is 10.8 Å². The van der Waals surface area contributed by atoms with Gasteiger partial charge in [0.05, 0.1) is 6.42 Å². The summed E-state index contributed by atoms with van der Waals surface area (Å²) in [7, 11) is -3.82. The molecule has 10 heteroatoms. The van der Waals surface area contributed by atoms with Crippen molar-refractivity contribution < 1.29 is 18.3 Å². The van der Waals surface area contributed by atoms with E-state index in [0.29, 0.717) is 0 Å². The summed E-state index contributed by atoms with van der Waals surface area (Å²) < 4.78 is 25.7. The molecule has 0 bridgehead atoms. The number of nitrogens with one attached hydrogen (secondary N) is 1. The number of hydrogen-bond donors (Lipinski definition) is 2. The zero-order valence-corrected chi connectivity index (χ0v) is 11.2. The zero-order valence-electron chi connectivity index (χ0n) is 9.55. The molecule has 0 amide bonds. The van der Waals surface area contributed by atoms with E-state index in [-0.39, 0.29) is 23.1 Å². The Labute approximate surface area is 112 Å². The molecule has 0 saturated heterocycles. The smallest absolute Gasteiger partial charge is 0.305 e. The molecule has 0 aromatic carbocycles. The Bertz CT molecular complexity index is 636. The molecule has 0 unspecified atom stereocenters. The van der Waals surface area contributed by atoms with Crippen LogP contribution in [0.2, 0.25) is 0 Å². The first-order chi connectivity index (χ1) is 9.01. The Morgan fingerprint density at radius 3 is 2.84 bits per heavy atom. The molecular formula is C9H10N4O4S2. The predicted octanol–water partition coefficient (Wildman–Crippen LogP) is 0.536. The highest BCUT2D eigenvalue weighted by atomic mass is 32.2. The summed E-state index contributed by atoms with van der Waals surface area (Å²) in [5.74, 6) is -1.10. The maximum absolute atomic E-state index is 12.4. The topological polar surface area (TPSA) is 116 Å². The molecule has 0 fully saturated rings. The van der Waals surface area contributed by atoms with Crippen LogP contribution >= 0.6 is 11.3 Å². The van der Waals surface area contributed by atoms with Gasteiger partial charge in [0.25, 0.3) is 10.0 Å². The molecule has 2 aromatic rings. The van der Waals surface area contributed by atoms with E-state index in [9.17, 15) is 13.2 Å². The Balaban J connectivity index is 2.35. The fraction of sp³-hybridized carbons (Fsp3) is 0.222. The molecule has 2 heterocycles. The Morgan fingerprint density at radius 2 is 2.32 bits per heavy atom. The minimum atomic E-state index is -3.82. The third kappa shape index (κ3) is 2.90. The molecule has 0 aliphatic rings. The second kappa shape index (κ2) is 5.36. The van der Waals surface area contributed by atoms with Gasteiger partial charge in [-0.1, -0.05) is 6.07 Å². The molecule has 2 rings (SSSR count). The molecule has 0 saturated carbocycles. The molecular weight excluding hydrogens is 292 g/mol. The van der Waals surface area contributed by atoms with Gasteiger partial charge in [0.15, 0.2) is 0 Å². The van der Waals surface area contributed by atoms with Gasteiger partial charge >= 0.3 is 5.97 Å². The summed E-state index contributed by atoms with van der Waals surface area (Å²) in [5.41, 5.74) is 0. The van der Waals surface area contributed by atoms with Gasteiger partial charge in [-0.2, -0.15) is 10.1 Å². The van der Waals surface area contributed by atoms with Crippen molar-refractivity contribution >= 4 is 33.3 Å². The summed E-state index contributed by atoms with van der Waals surface area (Å²) in [6, 6.07) is 3.05. The number of carboxylic acids is 1. The number of aromatic amines is 1. The molecule has 2 aromatic heterocycles. The van der Waals surface area contributed by atoms with E-state index in [0.717, 1.165) is 22.0 Å². The Kier molecular flexibility index (Phi) is 3.81. The van der Waals surface area contributed by atoms with Crippen LogP contribution in [0.4, 0.5) is 5.95 Å². The SMILES string of the molecule is O=C(O)CCN(c1ncn[nH]1)S(=O)(=O)c1cccs1. The highest BCUT2D eigenvalue weighted by Crippen LogP contribution is 2.23. The molecule has 8 nitrogen and oxygen atoms in total. The van der Waals surface area contributed by atoms with E-state index in [1.807, 2.05) is 0 Å². The highest BCUT2D eigenvalue weighted by molar-refractivity contribution is 7.94. The van der Waals surface area contributed by atoms with Crippen LogP contribution in [0, 0.1) is 0 Å². The quantitative estimate of drug-likeness (QED) is 0.804. The van der Waals surface area contributed by atoms with E-state index < -0.39 is 16.0 Å². The first-order valence-corrected chi connectivity index (χ1v) is 7.47. The van der Waals surface area contributed by atoms with Crippen molar-refractivity contribution in [1.29, 1.82) is 0 Å². The van der Waals surface area contributed by atoms with Gasteiger partial charge < -0.3 is 5.11 Å². The number of nitrogens with zero attached hydrogens (tertiary/aromatic N) is 3. The summed E-state index contributed by atoms with van der Waals surface area (Å²) in [4.78, 5) is 14.4. The van der Waals surface area contributed by atoms with Crippen molar-refractivity contribution in [1.82, 2.24) is 15.2 Å². The van der Waals surface area contributed by atoms with Crippen LogP contribution < -0.4 is 4.31 Å². The number of hydrogen-bond acceptors (Lipinski definition) is 6. The van der Waals surface area contributed by atoms with Gasteiger partial charge in [0.2, 0.25) is 5.95 Å². The lowest BCUT2D eigenvalue weighted by Crippen LogP contribution is -2.33. The first kappa shape index (κ1) is 13.5. The van der Waals surface area contributed by atoms with Crippen molar-refractivity contribution in [3.05, 3.63) is 23.8 Å². The summed E-state index contributed by atoms with van der Waals surface area (Å²) in [6.07, 6.45) is 0.832. The molecule has 102 valence electrons. The standard InChI is InChI=1S/C9H10N4O4S2/c14-7(15)3-4-13(9-10-6-11-12-9)19(16,17)8-2-1-5-18-8/h1-2,5-6H,3-4H2,(H,14,15)(H,10,11,12). The van der Waals surface area contributed by atoms with E-state index in [4.69, 9.17) is 5.11 Å². The van der Waals surface area contributed by atoms with Gasteiger partial charge in [-0.15, -0.1) is 11.3 Å². The van der Waals surface area contributed by atoms with E-state index >= 15 is 0 Å². The van der Waals surface area contributed by atoms with Crippen molar-refractivity contribution in [2.24, 2.45) is 0 Å². The highest BCUT2D eigenvalue weighted by Gasteiger charge is 2.28. The molecule has 0 atom stereocenters. The number of thiophene rings is 1. The molecule has 2 N–H and O–H groups in total. The minimum Gasteiger partial charge on any atom is -0.481 e. The lowest BCUT2D eigenvalue weighted by molar-refractivity contribution is -0.136. The average Bonchev–Trinajstić information content (AvgIpc) is 3.02. The van der Waals surface area contributed by atoms with Gasteiger partial charge in [-0.3, -0.25) is 4.79 Å². The van der Waals surface area contributed by atoms with Gasteiger partial charge in [0.1, 0.15) is 10.5 Å². The molecule has 19 heavy (non-hydrogen) atoms. The maximum atomic E-state index is 12.4. The van der Waals surface area contributed by atoms with Crippen LogP contribution in [0.5, 0.6) is 0 Å². The maximum Gasteiger partial charge on any atom is 0.305 e. The normalized spacial score (nSPS) is 11.4. The molecule has 0 spiro atoms. The lowest BCUT2D eigenvalue weighted by atomic mass is 10.4. The number of aromatic nitrogens is 3. The number of sulfonamides is 1. The van der Waals surface area contributed by atoms with E-state index in [1.165, 1.54) is 6.07 Å². The fourth-order valence-corrected chi connectivity index (χ4v) is 3.86. The van der Waals surface area contributed by atoms with Crippen LogP contribution in [0.15, 0.2) is 28.0 Å². The van der Waals surface area contributed by atoms with Gasteiger partial charge in [-0.25, -0.2) is 17.8 Å². The van der Waals surface area contributed by atoms with Crippen molar-refractivity contribution in [3.63, 3.8) is 0 Å². The average molecular weight is 302 g/mol. The number of rotatable bonds is 6. The second-order valence-corrected chi connectivity index (χ2v) is 6.50. The van der Waals surface area contributed by atoms with Crippen LogP contribution in [0.1, 0.15) is 6.42 Å². The third-order valence-electron chi connectivity index (χ3n) is 2.21. The van der Waals surface area contributed by atoms with Crippen LogP contribution in [0.3, 0.4) is 0 Å². The minimum absolute atomic E-state index is 0.00495. The van der Waals surface area contributed by atoms with Crippen LogP contribution in [-0.2, 0) is 14.8 Å². The second-order valence-electron chi connectivity index (χ2n) is 3.46. The number of carbonyl (C=O) groups is 1. The predicted molar refractivity (Wildman–Crippen MR) is 67.5 cm³/mol. The van der Waals surface area contributed by atoms with Gasteiger partial charge in [0, 0.05) is 6.54 Å². The van der Waals surface area contributed by atoms with Crippen LogP contribution in [-0.4, -0.2) is 41.2 Å².